The van der Waals surface area contributed by atoms with Crippen LogP contribution in [0, 0.1) is 11.8 Å². The summed E-state index contributed by atoms with van der Waals surface area (Å²) in [5, 5.41) is 11.8. The fraction of sp³-hybridized carbons (Fsp3) is 0.846. The number of likely N-dealkylation sites (tertiary alicyclic amines) is 1. The molecule has 0 spiro atoms. The molecule has 2 unspecified atom stereocenters. The summed E-state index contributed by atoms with van der Waals surface area (Å²) in [6.07, 6.45) is 1.86. The molecule has 0 saturated carbocycles. The zero-order chi connectivity index (χ0) is 14.4. The lowest BCUT2D eigenvalue weighted by Gasteiger charge is -2.41. The lowest BCUT2D eigenvalue weighted by atomic mass is 9.87. The number of rotatable bonds is 7. The molecule has 2 amide bonds. The van der Waals surface area contributed by atoms with E-state index in [-0.39, 0.29) is 18.0 Å². The summed E-state index contributed by atoms with van der Waals surface area (Å²) in [7, 11) is 1.61. The summed E-state index contributed by atoms with van der Waals surface area (Å²) in [4.78, 5) is 24.4. The van der Waals surface area contributed by atoms with Crippen LogP contribution in [0.4, 0.5) is 4.79 Å². The number of aliphatic carboxylic acids is 1. The highest BCUT2D eigenvalue weighted by Gasteiger charge is 2.37. The van der Waals surface area contributed by atoms with E-state index in [1.54, 1.807) is 18.9 Å². The molecule has 0 aromatic heterocycles. The van der Waals surface area contributed by atoms with E-state index in [1.807, 2.05) is 0 Å². The molecular weight excluding hydrogens is 248 g/mol. The first kappa shape index (κ1) is 15.8. The fourth-order valence-corrected chi connectivity index (χ4v) is 2.21. The van der Waals surface area contributed by atoms with Crippen molar-refractivity contribution in [2.75, 3.05) is 26.8 Å². The molecule has 19 heavy (non-hydrogen) atoms. The Hall–Kier alpha value is -1.30. The second-order valence-electron chi connectivity index (χ2n) is 5.18. The largest absolute Gasteiger partial charge is 0.481 e. The van der Waals surface area contributed by atoms with Crippen LogP contribution in [0.15, 0.2) is 0 Å². The van der Waals surface area contributed by atoms with E-state index in [0.717, 1.165) is 12.8 Å². The van der Waals surface area contributed by atoms with E-state index in [0.29, 0.717) is 19.7 Å². The van der Waals surface area contributed by atoms with Gasteiger partial charge in [-0.2, -0.15) is 0 Å². The normalized spacial score (nSPS) is 18.6. The highest BCUT2D eigenvalue weighted by molar-refractivity contribution is 5.76. The number of carboxylic acid groups (broad SMARTS) is 1. The van der Waals surface area contributed by atoms with Gasteiger partial charge in [0.1, 0.15) is 0 Å². The van der Waals surface area contributed by atoms with Crippen LogP contribution < -0.4 is 5.32 Å². The van der Waals surface area contributed by atoms with E-state index >= 15 is 0 Å². The van der Waals surface area contributed by atoms with Gasteiger partial charge in [0.15, 0.2) is 0 Å². The number of carbonyl (C=O) groups excluding carboxylic acids is 1. The van der Waals surface area contributed by atoms with Crippen molar-refractivity contribution in [3.8, 4) is 0 Å². The fourth-order valence-electron chi connectivity index (χ4n) is 2.21. The summed E-state index contributed by atoms with van der Waals surface area (Å²) in [5.41, 5.74) is 0. The topological polar surface area (TPSA) is 78.9 Å². The van der Waals surface area contributed by atoms with Crippen molar-refractivity contribution in [1.29, 1.82) is 0 Å². The minimum Gasteiger partial charge on any atom is -0.481 e. The molecule has 1 fully saturated rings. The van der Waals surface area contributed by atoms with Gasteiger partial charge in [-0.05, 0) is 6.42 Å². The van der Waals surface area contributed by atoms with Crippen LogP contribution in [0.5, 0.6) is 0 Å². The van der Waals surface area contributed by atoms with Gasteiger partial charge < -0.3 is 20.1 Å². The molecule has 0 aliphatic carbocycles. The van der Waals surface area contributed by atoms with Crippen molar-refractivity contribution in [3.05, 3.63) is 0 Å². The van der Waals surface area contributed by atoms with E-state index in [1.165, 1.54) is 0 Å². The Bertz CT molecular complexity index is 310. The number of nitrogens with zero attached hydrogens (tertiary/aromatic N) is 1. The van der Waals surface area contributed by atoms with Crippen LogP contribution in [-0.2, 0) is 9.53 Å². The number of amides is 2. The summed E-state index contributed by atoms with van der Waals surface area (Å²) in [5.74, 6) is -1.13. The molecule has 1 heterocycles. The van der Waals surface area contributed by atoms with Gasteiger partial charge in [-0.1, -0.05) is 20.3 Å². The monoisotopic (exact) mass is 272 g/mol. The van der Waals surface area contributed by atoms with Gasteiger partial charge in [-0.15, -0.1) is 0 Å². The zero-order valence-electron chi connectivity index (χ0n) is 11.9. The van der Waals surface area contributed by atoms with E-state index < -0.39 is 11.9 Å². The van der Waals surface area contributed by atoms with Gasteiger partial charge >= 0.3 is 12.0 Å². The standard InChI is InChI=1S/C13H24N2O4/c1-4-5-11(8-19-3)14-13(18)15-6-10(7-15)9(2)12(16)17/h9-11H,4-8H2,1-3H3,(H,14,18)(H,16,17). The quantitative estimate of drug-likeness (QED) is 0.729. The predicted octanol–water partition coefficient (Wildman–Crippen LogP) is 1.16. The second-order valence-corrected chi connectivity index (χ2v) is 5.18. The summed E-state index contributed by atoms with van der Waals surface area (Å²) < 4.78 is 5.07. The van der Waals surface area contributed by atoms with Crippen LogP contribution >= 0.6 is 0 Å². The molecular formula is C13H24N2O4. The lowest BCUT2D eigenvalue weighted by Crippen LogP contribution is -2.58. The molecule has 1 aliphatic rings. The molecule has 0 aromatic carbocycles. The molecule has 1 aliphatic heterocycles. The van der Waals surface area contributed by atoms with Gasteiger partial charge in [0.2, 0.25) is 0 Å². The van der Waals surface area contributed by atoms with Crippen molar-refractivity contribution in [1.82, 2.24) is 10.2 Å². The Kier molecular flexibility index (Phi) is 6.08. The highest BCUT2D eigenvalue weighted by atomic mass is 16.5. The molecule has 1 saturated heterocycles. The van der Waals surface area contributed by atoms with Crippen molar-refractivity contribution in [2.45, 2.75) is 32.7 Å². The van der Waals surface area contributed by atoms with Crippen LogP contribution in [-0.4, -0.2) is 54.9 Å². The third-order valence-corrected chi connectivity index (χ3v) is 3.63. The average Bonchev–Trinajstić information content (AvgIpc) is 2.27. The van der Waals surface area contributed by atoms with Gasteiger partial charge in [-0.3, -0.25) is 4.79 Å². The molecule has 0 bridgehead atoms. The first-order chi connectivity index (χ1) is 8.99. The maximum atomic E-state index is 11.9. The molecule has 110 valence electrons. The van der Waals surface area contributed by atoms with Gasteiger partial charge in [0.05, 0.1) is 18.6 Å². The van der Waals surface area contributed by atoms with Crippen molar-refractivity contribution >= 4 is 12.0 Å². The molecule has 1 rings (SSSR count). The highest BCUT2D eigenvalue weighted by Crippen LogP contribution is 2.24. The number of carbonyl (C=O) groups is 2. The van der Waals surface area contributed by atoms with Gasteiger partial charge in [0.25, 0.3) is 0 Å². The SMILES string of the molecule is CCCC(COC)NC(=O)N1CC(C(C)C(=O)O)C1. The number of urea groups is 1. The maximum absolute atomic E-state index is 11.9. The Morgan fingerprint density at radius 2 is 2.11 bits per heavy atom. The molecule has 0 radical (unpaired) electrons. The average molecular weight is 272 g/mol. The third kappa shape index (κ3) is 4.38. The Labute approximate surface area is 114 Å². The number of nitrogens with one attached hydrogen (secondary N) is 1. The van der Waals surface area contributed by atoms with Crippen LogP contribution in [0.1, 0.15) is 26.7 Å². The maximum Gasteiger partial charge on any atom is 0.317 e. The summed E-state index contributed by atoms with van der Waals surface area (Å²) >= 11 is 0. The molecule has 0 aromatic rings. The Morgan fingerprint density at radius 1 is 1.47 bits per heavy atom. The van der Waals surface area contributed by atoms with E-state index in [2.05, 4.69) is 12.2 Å². The van der Waals surface area contributed by atoms with Gasteiger partial charge in [-0.25, -0.2) is 4.79 Å². The summed E-state index contributed by atoms with van der Waals surface area (Å²) in [6, 6.07) is -0.0946. The number of hydrogen-bond donors (Lipinski definition) is 2. The first-order valence-corrected chi connectivity index (χ1v) is 6.76. The van der Waals surface area contributed by atoms with Crippen LogP contribution in [0.2, 0.25) is 0 Å². The molecule has 2 atom stereocenters. The van der Waals surface area contributed by atoms with Crippen molar-refractivity contribution < 1.29 is 19.4 Å². The number of hydrogen-bond acceptors (Lipinski definition) is 3. The number of carboxylic acids is 1. The smallest absolute Gasteiger partial charge is 0.317 e. The van der Waals surface area contributed by atoms with E-state index in [4.69, 9.17) is 9.84 Å². The van der Waals surface area contributed by atoms with Gasteiger partial charge in [0, 0.05) is 26.1 Å². The predicted molar refractivity (Wildman–Crippen MR) is 71.0 cm³/mol. The van der Waals surface area contributed by atoms with E-state index in [9.17, 15) is 9.59 Å². The Balaban J connectivity index is 2.34. The molecule has 2 N–H and O–H groups in total. The summed E-state index contributed by atoms with van der Waals surface area (Å²) in [6.45, 7) is 5.29. The van der Waals surface area contributed by atoms with Crippen molar-refractivity contribution in [3.63, 3.8) is 0 Å². The Morgan fingerprint density at radius 3 is 2.58 bits per heavy atom. The minimum absolute atomic E-state index is 0.0263. The third-order valence-electron chi connectivity index (χ3n) is 3.63. The van der Waals surface area contributed by atoms with Crippen LogP contribution in [0.3, 0.4) is 0 Å². The number of methoxy groups -OCH3 is 1. The second kappa shape index (κ2) is 7.33. The molecule has 6 nitrogen and oxygen atoms in total. The lowest BCUT2D eigenvalue weighted by molar-refractivity contribution is -0.144. The number of ether oxygens (including phenoxy) is 1. The van der Waals surface area contributed by atoms with Crippen LogP contribution in [0.25, 0.3) is 0 Å². The molecule has 6 heteroatoms. The zero-order valence-corrected chi connectivity index (χ0v) is 11.9. The minimum atomic E-state index is -0.798. The first-order valence-electron chi connectivity index (χ1n) is 6.76. The van der Waals surface area contributed by atoms with Crippen molar-refractivity contribution in [2.24, 2.45) is 11.8 Å².